The summed E-state index contributed by atoms with van der Waals surface area (Å²) in [4.78, 5) is 12.7. The van der Waals surface area contributed by atoms with Crippen molar-refractivity contribution in [3.8, 4) is 17.7 Å². The van der Waals surface area contributed by atoms with E-state index in [1.165, 1.54) is 0 Å². The third-order valence-corrected chi connectivity index (χ3v) is 2.83. The Kier molecular flexibility index (Phi) is 3.46. The number of nitrogens with one attached hydrogen (secondary N) is 1. The molecule has 0 fully saturated rings. The lowest BCUT2D eigenvalue weighted by atomic mass is 10.2. The third kappa shape index (κ3) is 2.81. The van der Waals surface area contributed by atoms with E-state index in [0.29, 0.717) is 17.6 Å². The van der Waals surface area contributed by atoms with Gasteiger partial charge >= 0.3 is 6.01 Å². The standard InChI is InChI=1S/C14H14N6O/c1-10-6-3-4-7-11(10)21-14-18-12(15-2)17-13(19-14)20-9-5-8-16-20/h3-9H,1-2H3,(H,15,17,18,19). The van der Waals surface area contributed by atoms with Gasteiger partial charge in [0.25, 0.3) is 5.95 Å². The van der Waals surface area contributed by atoms with E-state index in [9.17, 15) is 0 Å². The Morgan fingerprint density at radius 3 is 2.67 bits per heavy atom. The zero-order chi connectivity index (χ0) is 14.7. The van der Waals surface area contributed by atoms with Crippen LogP contribution in [0.5, 0.6) is 11.8 Å². The number of rotatable bonds is 4. The fraction of sp³-hybridized carbons (Fsp3) is 0.143. The monoisotopic (exact) mass is 282 g/mol. The van der Waals surface area contributed by atoms with Crippen molar-refractivity contribution in [2.45, 2.75) is 6.92 Å². The van der Waals surface area contributed by atoms with Crippen molar-refractivity contribution >= 4 is 5.95 Å². The largest absolute Gasteiger partial charge is 0.424 e. The molecule has 3 rings (SSSR count). The lowest BCUT2D eigenvalue weighted by molar-refractivity contribution is 0.435. The molecular formula is C14H14N6O. The maximum absolute atomic E-state index is 5.75. The Hall–Kier alpha value is -2.96. The summed E-state index contributed by atoms with van der Waals surface area (Å²) < 4.78 is 7.30. The van der Waals surface area contributed by atoms with Crippen molar-refractivity contribution in [1.29, 1.82) is 0 Å². The molecule has 0 aliphatic rings. The van der Waals surface area contributed by atoms with E-state index in [1.807, 2.05) is 31.2 Å². The highest BCUT2D eigenvalue weighted by molar-refractivity contribution is 5.35. The minimum Gasteiger partial charge on any atom is -0.424 e. The first-order valence-corrected chi connectivity index (χ1v) is 6.43. The summed E-state index contributed by atoms with van der Waals surface area (Å²) in [6.45, 7) is 1.96. The summed E-state index contributed by atoms with van der Waals surface area (Å²) in [7, 11) is 1.74. The van der Waals surface area contributed by atoms with E-state index in [2.05, 4.69) is 25.4 Å². The molecule has 0 spiro atoms. The van der Waals surface area contributed by atoms with E-state index < -0.39 is 0 Å². The van der Waals surface area contributed by atoms with Crippen LogP contribution in [0.4, 0.5) is 5.95 Å². The Morgan fingerprint density at radius 2 is 1.95 bits per heavy atom. The highest BCUT2D eigenvalue weighted by Crippen LogP contribution is 2.22. The van der Waals surface area contributed by atoms with Crippen LogP contribution in [-0.4, -0.2) is 31.8 Å². The summed E-state index contributed by atoms with van der Waals surface area (Å²) in [6, 6.07) is 9.69. The smallest absolute Gasteiger partial charge is 0.328 e. The SMILES string of the molecule is CNc1nc(Oc2ccccc2C)nc(-n2cccn2)n1. The predicted octanol–water partition coefficient (Wildman–Crippen LogP) is 2.20. The second-order valence-electron chi connectivity index (χ2n) is 4.31. The maximum atomic E-state index is 5.75. The quantitative estimate of drug-likeness (QED) is 0.790. The lowest BCUT2D eigenvalue weighted by Crippen LogP contribution is -2.08. The normalized spacial score (nSPS) is 10.4. The van der Waals surface area contributed by atoms with E-state index in [0.717, 1.165) is 5.56 Å². The van der Waals surface area contributed by atoms with Crippen LogP contribution < -0.4 is 10.1 Å². The van der Waals surface area contributed by atoms with Gasteiger partial charge in [0.15, 0.2) is 0 Å². The molecule has 0 saturated heterocycles. The number of benzene rings is 1. The molecule has 21 heavy (non-hydrogen) atoms. The van der Waals surface area contributed by atoms with Crippen LogP contribution in [0.1, 0.15) is 5.56 Å². The molecule has 0 aliphatic carbocycles. The Morgan fingerprint density at radius 1 is 1.10 bits per heavy atom. The Labute approximate surface area is 121 Å². The van der Waals surface area contributed by atoms with Gasteiger partial charge in [0, 0.05) is 19.4 Å². The topological polar surface area (TPSA) is 77.8 Å². The van der Waals surface area contributed by atoms with Crippen molar-refractivity contribution in [3.05, 3.63) is 48.3 Å². The van der Waals surface area contributed by atoms with E-state index in [4.69, 9.17) is 4.74 Å². The summed E-state index contributed by atoms with van der Waals surface area (Å²) in [5.74, 6) is 1.51. The molecule has 0 atom stereocenters. The molecule has 106 valence electrons. The fourth-order valence-electron chi connectivity index (χ4n) is 1.76. The van der Waals surface area contributed by atoms with Gasteiger partial charge in [-0.3, -0.25) is 0 Å². The highest BCUT2D eigenvalue weighted by atomic mass is 16.5. The van der Waals surface area contributed by atoms with Gasteiger partial charge in [0.05, 0.1) is 0 Å². The van der Waals surface area contributed by atoms with Gasteiger partial charge in [-0.05, 0) is 24.6 Å². The molecule has 0 aliphatic heterocycles. The predicted molar refractivity (Wildman–Crippen MR) is 77.7 cm³/mol. The summed E-state index contributed by atoms with van der Waals surface area (Å²) in [5, 5.41) is 6.99. The first kappa shape index (κ1) is 13.0. The van der Waals surface area contributed by atoms with E-state index >= 15 is 0 Å². The van der Waals surface area contributed by atoms with Crippen molar-refractivity contribution in [3.63, 3.8) is 0 Å². The molecule has 0 radical (unpaired) electrons. The van der Waals surface area contributed by atoms with Gasteiger partial charge in [-0.1, -0.05) is 18.2 Å². The molecule has 3 aromatic rings. The van der Waals surface area contributed by atoms with Crippen LogP contribution in [0.2, 0.25) is 0 Å². The summed E-state index contributed by atoms with van der Waals surface area (Å²) in [6.07, 6.45) is 3.41. The van der Waals surface area contributed by atoms with Gasteiger partial charge < -0.3 is 10.1 Å². The number of aryl methyl sites for hydroxylation is 1. The Bertz CT molecular complexity index is 741. The first-order valence-electron chi connectivity index (χ1n) is 6.43. The molecule has 1 aromatic carbocycles. The van der Waals surface area contributed by atoms with Crippen LogP contribution >= 0.6 is 0 Å². The Balaban J connectivity index is 1.99. The van der Waals surface area contributed by atoms with Crippen molar-refractivity contribution in [2.75, 3.05) is 12.4 Å². The van der Waals surface area contributed by atoms with E-state index in [1.54, 1.807) is 30.2 Å². The zero-order valence-electron chi connectivity index (χ0n) is 11.7. The average molecular weight is 282 g/mol. The van der Waals surface area contributed by atoms with Gasteiger partial charge in [0.2, 0.25) is 5.95 Å². The number of hydrogen-bond acceptors (Lipinski definition) is 6. The molecule has 0 bridgehead atoms. The zero-order valence-corrected chi connectivity index (χ0v) is 11.7. The molecule has 0 saturated carbocycles. The molecule has 2 heterocycles. The van der Waals surface area contributed by atoms with Crippen molar-refractivity contribution < 1.29 is 4.74 Å². The van der Waals surface area contributed by atoms with Crippen LogP contribution in [0.25, 0.3) is 5.95 Å². The third-order valence-electron chi connectivity index (χ3n) is 2.83. The first-order chi connectivity index (χ1) is 10.3. The number of hydrogen-bond donors (Lipinski definition) is 1. The number of nitrogens with zero attached hydrogens (tertiary/aromatic N) is 5. The highest BCUT2D eigenvalue weighted by Gasteiger charge is 2.10. The van der Waals surface area contributed by atoms with Crippen LogP contribution in [0, 0.1) is 6.92 Å². The molecule has 7 heteroatoms. The number of para-hydroxylation sites is 1. The minimum atomic E-state index is 0.217. The van der Waals surface area contributed by atoms with Crippen molar-refractivity contribution in [1.82, 2.24) is 24.7 Å². The van der Waals surface area contributed by atoms with Crippen LogP contribution in [-0.2, 0) is 0 Å². The second-order valence-corrected chi connectivity index (χ2v) is 4.31. The van der Waals surface area contributed by atoms with E-state index in [-0.39, 0.29) is 6.01 Å². The summed E-state index contributed by atoms with van der Waals surface area (Å²) >= 11 is 0. The average Bonchev–Trinajstić information content (AvgIpc) is 3.04. The van der Waals surface area contributed by atoms with Gasteiger partial charge in [-0.25, -0.2) is 4.68 Å². The maximum Gasteiger partial charge on any atom is 0.328 e. The lowest BCUT2D eigenvalue weighted by Gasteiger charge is -2.09. The second kappa shape index (κ2) is 5.58. The molecule has 1 N–H and O–H groups in total. The molecule has 2 aromatic heterocycles. The number of anilines is 1. The molecule has 0 unspecified atom stereocenters. The molecule has 7 nitrogen and oxygen atoms in total. The van der Waals surface area contributed by atoms with Gasteiger partial charge in [-0.2, -0.15) is 20.1 Å². The van der Waals surface area contributed by atoms with Crippen LogP contribution in [0.15, 0.2) is 42.7 Å². The number of ether oxygens (including phenoxy) is 1. The molecular weight excluding hydrogens is 268 g/mol. The minimum absolute atomic E-state index is 0.217. The van der Waals surface area contributed by atoms with Gasteiger partial charge in [0.1, 0.15) is 5.75 Å². The number of aromatic nitrogens is 5. The summed E-state index contributed by atoms with van der Waals surface area (Å²) in [5.41, 5.74) is 1.00. The fourth-order valence-corrected chi connectivity index (χ4v) is 1.76. The molecule has 0 amide bonds. The van der Waals surface area contributed by atoms with Crippen molar-refractivity contribution in [2.24, 2.45) is 0 Å². The van der Waals surface area contributed by atoms with Crippen LogP contribution in [0.3, 0.4) is 0 Å². The van der Waals surface area contributed by atoms with Gasteiger partial charge in [-0.15, -0.1) is 0 Å².